The Bertz CT molecular complexity index is 1210. The summed E-state index contributed by atoms with van der Waals surface area (Å²) in [6.45, 7) is 3.91. The minimum absolute atomic E-state index is 0.0255. The maximum atomic E-state index is 13.2. The molecular weight excluding hydrogens is 436 g/mol. The van der Waals surface area contributed by atoms with Gasteiger partial charge in [-0.1, -0.05) is 54.6 Å². The lowest BCUT2D eigenvalue weighted by atomic mass is 10.1. The standard InChI is InChI=1S/C26H28N2O4S/c1-20(2)27-33(30,31)25-18-21(14-16-24(25)32-3)15-17-26(29)28(23-12-8-5-9-13-23)19-22-10-6-4-7-11-22/h4-18,20,27H,19H2,1-3H3. The van der Waals surface area contributed by atoms with Crippen LogP contribution in [0.15, 0.2) is 89.8 Å². The lowest BCUT2D eigenvalue weighted by Gasteiger charge is -2.21. The predicted molar refractivity (Wildman–Crippen MR) is 132 cm³/mol. The van der Waals surface area contributed by atoms with Crippen LogP contribution in [0, 0.1) is 0 Å². The summed E-state index contributed by atoms with van der Waals surface area (Å²) < 4.78 is 33.2. The van der Waals surface area contributed by atoms with Crippen molar-refractivity contribution in [2.24, 2.45) is 0 Å². The molecule has 3 aromatic carbocycles. The van der Waals surface area contributed by atoms with Crippen LogP contribution in [0.25, 0.3) is 6.08 Å². The van der Waals surface area contributed by atoms with E-state index in [1.54, 1.807) is 37.0 Å². The van der Waals surface area contributed by atoms with E-state index in [1.165, 1.54) is 19.3 Å². The number of amides is 1. The highest BCUT2D eigenvalue weighted by molar-refractivity contribution is 7.89. The molecule has 0 radical (unpaired) electrons. The second-order valence-corrected chi connectivity index (χ2v) is 9.45. The topological polar surface area (TPSA) is 75.7 Å². The Morgan fingerprint density at radius 3 is 2.24 bits per heavy atom. The van der Waals surface area contributed by atoms with E-state index in [0.717, 1.165) is 11.3 Å². The number of anilines is 1. The SMILES string of the molecule is COc1ccc(C=CC(=O)N(Cc2ccccc2)c2ccccc2)cc1S(=O)(=O)NC(C)C. The van der Waals surface area contributed by atoms with Gasteiger partial charge in [-0.05, 0) is 55.3 Å². The quantitative estimate of drug-likeness (QED) is 0.469. The normalized spacial score (nSPS) is 11.6. The van der Waals surface area contributed by atoms with Crippen molar-refractivity contribution in [1.29, 1.82) is 0 Å². The number of ether oxygens (including phenoxy) is 1. The van der Waals surface area contributed by atoms with E-state index in [-0.39, 0.29) is 22.6 Å². The van der Waals surface area contributed by atoms with Crippen LogP contribution in [0.5, 0.6) is 5.75 Å². The van der Waals surface area contributed by atoms with Crippen LogP contribution in [0.1, 0.15) is 25.0 Å². The summed E-state index contributed by atoms with van der Waals surface area (Å²) in [4.78, 5) is 14.9. The summed E-state index contributed by atoms with van der Waals surface area (Å²) in [6.07, 6.45) is 3.06. The van der Waals surface area contributed by atoms with Crippen molar-refractivity contribution in [2.75, 3.05) is 12.0 Å². The smallest absolute Gasteiger partial charge is 0.251 e. The highest BCUT2D eigenvalue weighted by Crippen LogP contribution is 2.26. The molecule has 3 aromatic rings. The molecule has 0 aliphatic carbocycles. The minimum Gasteiger partial charge on any atom is -0.495 e. The predicted octanol–water partition coefficient (Wildman–Crippen LogP) is 4.63. The largest absolute Gasteiger partial charge is 0.495 e. The Hall–Kier alpha value is -3.42. The van der Waals surface area contributed by atoms with Crippen molar-refractivity contribution in [1.82, 2.24) is 4.72 Å². The first-order valence-electron chi connectivity index (χ1n) is 10.6. The van der Waals surface area contributed by atoms with Gasteiger partial charge < -0.3 is 9.64 Å². The minimum atomic E-state index is -3.77. The van der Waals surface area contributed by atoms with Gasteiger partial charge in [0.15, 0.2) is 0 Å². The average Bonchev–Trinajstić information content (AvgIpc) is 2.81. The van der Waals surface area contributed by atoms with Gasteiger partial charge in [0.25, 0.3) is 5.91 Å². The molecule has 0 aromatic heterocycles. The van der Waals surface area contributed by atoms with Crippen molar-refractivity contribution >= 4 is 27.7 Å². The number of sulfonamides is 1. The molecule has 1 N–H and O–H groups in total. The highest BCUT2D eigenvalue weighted by atomic mass is 32.2. The first-order chi connectivity index (χ1) is 15.8. The van der Waals surface area contributed by atoms with Crippen molar-refractivity contribution in [3.63, 3.8) is 0 Å². The fraction of sp³-hybridized carbons (Fsp3) is 0.192. The van der Waals surface area contributed by atoms with Crippen LogP contribution in [0.3, 0.4) is 0 Å². The molecule has 172 valence electrons. The summed E-state index contributed by atoms with van der Waals surface area (Å²) in [6, 6.07) is 23.7. The summed E-state index contributed by atoms with van der Waals surface area (Å²) in [5.74, 6) is 0.0206. The molecule has 0 fully saturated rings. The Morgan fingerprint density at radius 1 is 1.00 bits per heavy atom. The zero-order chi connectivity index (χ0) is 23.8. The highest BCUT2D eigenvalue weighted by Gasteiger charge is 2.21. The number of nitrogens with zero attached hydrogens (tertiary/aromatic N) is 1. The number of carbonyl (C=O) groups excluding carboxylic acids is 1. The van der Waals surface area contributed by atoms with Gasteiger partial charge in [-0.2, -0.15) is 0 Å². The molecule has 7 heteroatoms. The molecule has 3 rings (SSSR count). The number of hydrogen-bond acceptors (Lipinski definition) is 4. The third kappa shape index (κ3) is 6.54. The van der Waals surface area contributed by atoms with Crippen LogP contribution in [0.2, 0.25) is 0 Å². The van der Waals surface area contributed by atoms with E-state index < -0.39 is 10.0 Å². The fourth-order valence-corrected chi connectivity index (χ4v) is 4.76. The number of hydrogen-bond donors (Lipinski definition) is 1. The molecule has 0 bridgehead atoms. The van der Waals surface area contributed by atoms with Gasteiger partial charge >= 0.3 is 0 Å². The third-order valence-electron chi connectivity index (χ3n) is 4.80. The van der Waals surface area contributed by atoms with Crippen molar-refractivity contribution in [3.05, 3.63) is 96.1 Å². The van der Waals surface area contributed by atoms with E-state index in [9.17, 15) is 13.2 Å². The van der Waals surface area contributed by atoms with Crippen LogP contribution in [0.4, 0.5) is 5.69 Å². The van der Waals surface area contributed by atoms with E-state index in [1.807, 2.05) is 60.7 Å². The molecule has 0 unspecified atom stereocenters. The van der Waals surface area contributed by atoms with Gasteiger partial charge in [0.05, 0.1) is 13.7 Å². The molecule has 0 atom stereocenters. The monoisotopic (exact) mass is 464 g/mol. The van der Waals surface area contributed by atoms with E-state index in [4.69, 9.17) is 4.74 Å². The lowest BCUT2D eigenvalue weighted by Crippen LogP contribution is -2.30. The number of rotatable bonds is 9. The van der Waals surface area contributed by atoms with Crippen molar-refractivity contribution in [3.8, 4) is 5.75 Å². The van der Waals surface area contributed by atoms with Gasteiger partial charge in [-0.3, -0.25) is 4.79 Å². The first-order valence-corrected chi connectivity index (χ1v) is 12.1. The zero-order valence-corrected chi connectivity index (χ0v) is 19.7. The number of methoxy groups -OCH3 is 1. The fourth-order valence-electron chi connectivity index (χ4n) is 3.31. The van der Waals surface area contributed by atoms with Crippen molar-refractivity contribution < 1.29 is 17.9 Å². The van der Waals surface area contributed by atoms with E-state index >= 15 is 0 Å². The lowest BCUT2D eigenvalue weighted by molar-refractivity contribution is -0.114. The number of nitrogens with one attached hydrogen (secondary N) is 1. The van der Waals surface area contributed by atoms with Gasteiger partial charge in [0, 0.05) is 17.8 Å². The first kappa shape index (κ1) is 24.2. The Balaban J connectivity index is 1.90. The maximum Gasteiger partial charge on any atom is 0.251 e. The zero-order valence-electron chi connectivity index (χ0n) is 18.9. The second-order valence-electron chi connectivity index (χ2n) is 7.77. The van der Waals surface area contributed by atoms with Crippen LogP contribution < -0.4 is 14.4 Å². The molecule has 0 aliphatic rings. The average molecular weight is 465 g/mol. The molecule has 6 nitrogen and oxygen atoms in total. The summed E-state index contributed by atoms with van der Waals surface area (Å²) in [5.41, 5.74) is 2.34. The van der Waals surface area contributed by atoms with E-state index in [0.29, 0.717) is 12.1 Å². The van der Waals surface area contributed by atoms with Gasteiger partial charge in [-0.25, -0.2) is 13.1 Å². The molecule has 0 saturated heterocycles. The van der Waals surface area contributed by atoms with Gasteiger partial charge in [0.1, 0.15) is 10.6 Å². The molecule has 0 saturated carbocycles. The number of benzene rings is 3. The van der Waals surface area contributed by atoms with Crippen LogP contribution in [-0.4, -0.2) is 27.5 Å². The molecule has 33 heavy (non-hydrogen) atoms. The molecule has 1 amide bonds. The van der Waals surface area contributed by atoms with Gasteiger partial charge in [-0.15, -0.1) is 0 Å². The van der Waals surface area contributed by atoms with E-state index in [2.05, 4.69) is 4.72 Å². The summed E-state index contributed by atoms with van der Waals surface area (Å²) >= 11 is 0. The Kier molecular flexibility index (Phi) is 8.03. The third-order valence-corrected chi connectivity index (χ3v) is 6.48. The Morgan fingerprint density at radius 2 is 1.64 bits per heavy atom. The van der Waals surface area contributed by atoms with Crippen LogP contribution >= 0.6 is 0 Å². The van der Waals surface area contributed by atoms with Gasteiger partial charge in [0.2, 0.25) is 10.0 Å². The number of carbonyl (C=O) groups is 1. The molecule has 0 heterocycles. The van der Waals surface area contributed by atoms with Crippen molar-refractivity contribution in [2.45, 2.75) is 31.3 Å². The molecule has 0 aliphatic heterocycles. The molecular formula is C26H28N2O4S. The summed E-state index contributed by atoms with van der Waals surface area (Å²) in [5, 5.41) is 0. The second kappa shape index (κ2) is 10.9. The summed E-state index contributed by atoms with van der Waals surface area (Å²) in [7, 11) is -2.35. The molecule has 0 spiro atoms. The van der Waals surface area contributed by atoms with Crippen LogP contribution in [-0.2, 0) is 21.4 Å². The Labute approximate surface area is 195 Å². The maximum absolute atomic E-state index is 13.2. The number of para-hydroxylation sites is 1.